The van der Waals surface area contributed by atoms with Crippen molar-refractivity contribution < 1.29 is 37.3 Å². The summed E-state index contributed by atoms with van der Waals surface area (Å²) in [6.45, 7) is 4.25. The Hall–Kier alpha value is -2.49. The van der Waals surface area contributed by atoms with Crippen LogP contribution in [0.15, 0.2) is 12.1 Å². The number of amides is 3. The highest BCUT2D eigenvalue weighted by Crippen LogP contribution is 2.38. The first-order valence-electron chi connectivity index (χ1n) is 7.75. The molecule has 3 N–H and O–H groups in total. The number of carbonyl (C=O) groups is 2. The van der Waals surface area contributed by atoms with Crippen LogP contribution in [0.25, 0.3) is 0 Å². The molecule has 0 radical (unpaired) electrons. The van der Waals surface area contributed by atoms with E-state index in [1.54, 1.807) is 5.32 Å². The lowest BCUT2D eigenvalue weighted by Crippen LogP contribution is -2.40. The predicted molar refractivity (Wildman–Crippen MR) is 86.2 cm³/mol. The summed E-state index contributed by atoms with van der Waals surface area (Å²) in [5, 5.41) is 13.7. The van der Waals surface area contributed by atoms with Crippen molar-refractivity contribution in [2.45, 2.75) is 32.5 Å². The van der Waals surface area contributed by atoms with E-state index in [2.05, 4.69) is 10.1 Å². The van der Waals surface area contributed by atoms with E-state index >= 15 is 0 Å². The third kappa shape index (κ3) is 6.43. The summed E-state index contributed by atoms with van der Waals surface area (Å²) in [6.07, 6.45) is -4.37. The molecule has 10 heteroatoms. The number of aromatic hydroxyl groups is 1. The van der Waals surface area contributed by atoms with Gasteiger partial charge < -0.3 is 19.9 Å². The number of alkyl halides is 3. The van der Waals surface area contributed by atoms with Crippen LogP contribution in [0.3, 0.4) is 0 Å². The molecule has 7 nitrogen and oxygen atoms in total. The van der Waals surface area contributed by atoms with E-state index in [1.807, 2.05) is 13.8 Å². The summed E-state index contributed by atoms with van der Waals surface area (Å²) in [6, 6.07) is 0.134. The third-order valence-electron chi connectivity index (χ3n) is 3.15. The van der Waals surface area contributed by atoms with Crippen molar-refractivity contribution in [2.75, 3.05) is 20.3 Å². The van der Waals surface area contributed by atoms with Crippen LogP contribution in [0.4, 0.5) is 18.0 Å². The first-order valence-corrected chi connectivity index (χ1v) is 7.75. The second kappa shape index (κ2) is 9.27. The molecule has 0 bridgehead atoms. The van der Waals surface area contributed by atoms with Gasteiger partial charge in [0.1, 0.15) is 0 Å². The van der Waals surface area contributed by atoms with E-state index in [-0.39, 0.29) is 12.6 Å². The molecular weight excluding hydrogens is 357 g/mol. The van der Waals surface area contributed by atoms with Crippen LogP contribution in [-0.4, -0.2) is 43.4 Å². The molecule has 0 heterocycles. The highest BCUT2D eigenvalue weighted by Gasteiger charge is 2.37. The maximum absolute atomic E-state index is 13.1. The molecule has 0 aliphatic rings. The molecule has 0 fully saturated rings. The molecule has 26 heavy (non-hydrogen) atoms. The second-order valence-electron chi connectivity index (χ2n) is 5.55. The monoisotopic (exact) mass is 378 g/mol. The molecule has 1 rings (SSSR count). The first kappa shape index (κ1) is 21.6. The summed E-state index contributed by atoms with van der Waals surface area (Å²) in [4.78, 5) is 23.6. The number of hydrogen-bond donors (Lipinski definition) is 3. The molecule has 3 amide bonds. The largest absolute Gasteiger partial charge is 0.504 e. The lowest BCUT2D eigenvalue weighted by Gasteiger charge is -2.15. The fourth-order valence-corrected chi connectivity index (χ4v) is 1.96. The summed E-state index contributed by atoms with van der Waals surface area (Å²) in [5.74, 6) is -2.40. The Balaban J connectivity index is 2.77. The van der Waals surface area contributed by atoms with Crippen LogP contribution < -0.4 is 15.4 Å². The molecule has 1 aromatic rings. The van der Waals surface area contributed by atoms with Crippen molar-refractivity contribution in [3.05, 3.63) is 23.3 Å². The average Bonchev–Trinajstić information content (AvgIpc) is 2.52. The molecule has 0 unspecified atom stereocenters. The molecule has 0 spiro atoms. The molecule has 0 aromatic heterocycles. The molecule has 1 aromatic carbocycles. The number of urea groups is 1. The lowest BCUT2D eigenvalue weighted by molar-refractivity contribution is -0.138. The minimum absolute atomic E-state index is 0.0361. The minimum Gasteiger partial charge on any atom is -0.504 e. The van der Waals surface area contributed by atoms with Crippen molar-refractivity contribution in [1.82, 2.24) is 10.6 Å². The van der Waals surface area contributed by atoms with Crippen LogP contribution in [0.5, 0.6) is 11.5 Å². The quantitative estimate of drug-likeness (QED) is 0.634. The van der Waals surface area contributed by atoms with E-state index < -0.39 is 40.7 Å². The van der Waals surface area contributed by atoms with Crippen molar-refractivity contribution >= 4 is 11.9 Å². The van der Waals surface area contributed by atoms with Crippen LogP contribution in [0.2, 0.25) is 0 Å². The summed E-state index contributed by atoms with van der Waals surface area (Å²) in [5.41, 5.74) is -2.23. The van der Waals surface area contributed by atoms with Gasteiger partial charge >= 0.3 is 12.2 Å². The Morgan fingerprint density at radius 1 is 1.27 bits per heavy atom. The van der Waals surface area contributed by atoms with Gasteiger partial charge in [0, 0.05) is 13.2 Å². The summed E-state index contributed by atoms with van der Waals surface area (Å²) in [7, 11) is 1.07. The van der Waals surface area contributed by atoms with Gasteiger partial charge in [-0.05, 0) is 32.4 Å². The number of hydrogen-bond acceptors (Lipinski definition) is 5. The number of methoxy groups -OCH3 is 1. The summed E-state index contributed by atoms with van der Waals surface area (Å²) < 4.78 is 49.2. The van der Waals surface area contributed by atoms with Crippen LogP contribution in [0.1, 0.15) is 36.2 Å². The van der Waals surface area contributed by atoms with Crippen LogP contribution in [0, 0.1) is 0 Å². The zero-order chi connectivity index (χ0) is 19.9. The number of phenolic OH excluding ortho intramolecular Hbond substituents is 1. The zero-order valence-electron chi connectivity index (χ0n) is 14.6. The summed E-state index contributed by atoms with van der Waals surface area (Å²) >= 11 is 0. The molecule has 0 aliphatic heterocycles. The third-order valence-corrected chi connectivity index (χ3v) is 3.15. The lowest BCUT2D eigenvalue weighted by atomic mass is 10.0. The van der Waals surface area contributed by atoms with Crippen LogP contribution in [-0.2, 0) is 10.9 Å². The Bertz CT molecular complexity index is 648. The fourth-order valence-electron chi connectivity index (χ4n) is 1.96. The highest BCUT2D eigenvalue weighted by atomic mass is 19.4. The molecule has 0 aliphatic carbocycles. The SMILES string of the molecule is COc1cc(C(F)(F)F)c(C(=O)NC(=O)NCCCOC(C)C)cc1O. The highest BCUT2D eigenvalue weighted by molar-refractivity contribution is 6.05. The smallest absolute Gasteiger partial charge is 0.417 e. The minimum atomic E-state index is -4.88. The number of phenols is 1. The average molecular weight is 378 g/mol. The van der Waals surface area contributed by atoms with Crippen molar-refractivity contribution in [3.8, 4) is 11.5 Å². The first-order chi connectivity index (χ1) is 12.1. The Morgan fingerprint density at radius 2 is 1.92 bits per heavy atom. The Morgan fingerprint density at radius 3 is 2.46 bits per heavy atom. The van der Waals surface area contributed by atoms with Gasteiger partial charge in [-0.2, -0.15) is 13.2 Å². The number of halogens is 3. The van der Waals surface area contributed by atoms with Gasteiger partial charge in [-0.1, -0.05) is 0 Å². The number of imide groups is 1. The fraction of sp³-hybridized carbons (Fsp3) is 0.500. The van der Waals surface area contributed by atoms with Gasteiger partial charge in [0.2, 0.25) is 0 Å². The molecule has 0 atom stereocenters. The van der Waals surface area contributed by atoms with Gasteiger partial charge in [0.15, 0.2) is 11.5 Å². The van der Waals surface area contributed by atoms with Crippen LogP contribution >= 0.6 is 0 Å². The number of carbonyl (C=O) groups excluding carboxylic acids is 2. The zero-order valence-corrected chi connectivity index (χ0v) is 14.6. The molecule has 0 saturated carbocycles. The van der Waals surface area contributed by atoms with E-state index in [0.29, 0.717) is 25.2 Å². The van der Waals surface area contributed by atoms with E-state index in [0.717, 1.165) is 7.11 Å². The molecule has 0 saturated heterocycles. The predicted octanol–water partition coefficient (Wildman–Crippen LogP) is 2.67. The molecular formula is C16H21F3N2O5. The van der Waals surface area contributed by atoms with Gasteiger partial charge in [-0.3, -0.25) is 10.1 Å². The van der Waals surface area contributed by atoms with E-state index in [1.165, 1.54) is 0 Å². The van der Waals surface area contributed by atoms with E-state index in [4.69, 9.17) is 4.74 Å². The normalized spacial score (nSPS) is 11.3. The topological polar surface area (TPSA) is 96.9 Å². The number of rotatable bonds is 7. The van der Waals surface area contributed by atoms with Gasteiger partial charge in [-0.15, -0.1) is 0 Å². The second-order valence-corrected chi connectivity index (χ2v) is 5.55. The Kier molecular flexibility index (Phi) is 7.69. The van der Waals surface area contributed by atoms with Gasteiger partial charge in [0.25, 0.3) is 5.91 Å². The number of nitrogens with one attached hydrogen (secondary N) is 2. The van der Waals surface area contributed by atoms with Crippen molar-refractivity contribution in [2.24, 2.45) is 0 Å². The Labute approximate surface area is 148 Å². The van der Waals surface area contributed by atoms with Gasteiger partial charge in [0.05, 0.1) is 24.3 Å². The maximum Gasteiger partial charge on any atom is 0.417 e. The van der Waals surface area contributed by atoms with Gasteiger partial charge in [-0.25, -0.2) is 4.79 Å². The standard InChI is InChI=1S/C16H21F3N2O5/c1-9(2)26-6-4-5-20-15(24)21-14(23)10-7-12(22)13(25-3)8-11(10)16(17,18)19/h7-9,22H,4-6H2,1-3H3,(H2,20,21,23,24). The maximum atomic E-state index is 13.1. The number of benzene rings is 1. The number of ether oxygens (including phenoxy) is 2. The van der Waals surface area contributed by atoms with Crippen molar-refractivity contribution in [1.29, 1.82) is 0 Å². The van der Waals surface area contributed by atoms with Crippen molar-refractivity contribution in [3.63, 3.8) is 0 Å². The molecule has 146 valence electrons. The van der Waals surface area contributed by atoms with E-state index in [9.17, 15) is 27.9 Å².